The van der Waals surface area contributed by atoms with Crippen molar-refractivity contribution in [1.82, 2.24) is 9.97 Å². The molecule has 2 aromatic heterocycles. The molecule has 0 spiro atoms. The van der Waals surface area contributed by atoms with Gasteiger partial charge in [0.15, 0.2) is 5.65 Å². The third-order valence-electron chi connectivity index (χ3n) is 1.66. The maximum atomic E-state index is 5.67. The molecule has 0 aliphatic rings. The van der Waals surface area contributed by atoms with E-state index in [0.29, 0.717) is 5.88 Å². The topological polar surface area (TPSA) is 25.8 Å². The van der Waals surface area contributed by atoms with Crippen molar-refractivity contribution < 1.29 is 0 Å². The van der Waals surface area contributed by atoms with Crippen molar-refractivity contribution in [3.63, 3.8) is 0 Å². The fourth-order valence-corrected chi connectivity index (χ4v) is 1.23. The van der Waals surface area contributed by atoms with Crippen LogP contribution >= 0.6 is 11.6 Å². The van der Waals surface area contributed by atoms with Crippen molar-refractivity contribution in [2.45, 2.75) is 5.88 Å². The van der Waals surface area contributed by atoms with Gasteiger partial charge in [-0.15, -0.1) is 11.6 Å². The molecule has 0 aliphatic carbocycles. The zero-order valence-corrected chi connectivity index (χ0v) is 7.12. The summed E-state index contributed by atoms with van der Waals surface area (Å²) in [5.74, 6) is 0.498. The maximum absolute atomic E-state index is 5.67. The van der Waals surface area contributed by atoms with Crippen LogP contribution in [-0.2, 0) is 5.88 Å². The van der Waals surface area contributed by atoms with Gasteiger partial charge in [0.25, 0.3) is 0 Å². The standard InChI is InChI=1S/C9H7ClN2/c10-5-7-4-8-2-1-3-11-9(8)12-6-7/h1-4,6H,5H2. The van der Waals surface area contributed by atoms with E-state index in [0.717, 1.165) is 16.6 Å². The molecule has 0 atom stereocenters. The van der Waals surface area contributed by atoms with E-state index >= 15 is 0 Å². The van der Waals surface area contributed by atoms with E-state index in [1.54, 1.807) is 12.4 Å². The molecule has 2 nitrogen and oxygen atoms in total. The Balaban J connectivity index is 2.67. The van der Waals surface area contributed by atoms with Crippen LogP contribution in [0.3, 0.4) is 0 Å². The van der Waals surface area contributed by atoms with E-state index in [-0.39, 0.29) is 0 Å². The lowest BCUT2D eigenvalue weighted by Gasteiger charge is -1.97. The number of nitrogens with zero attached hydrogens (tertiary/aromatic N) is 2. The Bertz CT molecular complexity index is 400. The molecule has 0 unspecified atom stereocenters. The van der Waals surface area contributed by atoms with Gasteiger partial charge in [0.2, 0.25) is 0 Å². The Morgan fingerprint density at radius 1 is 1.33 bits per heavy atom. The third-order valence-corrected chi connectivity index (χ3v) is 1.97. The highest BCUT2D eigenvalue weighted by Gasteiger charge is 1.95. The summed E-state index contributed by atoms with van der Waals surface area (Å²) in [6.45, 7) is 0. The smallest absolute Gasteiger partial charge is 0.159 e. The van der Waals surface area contributed by atoms with Crippen LogP contribution in [0.5, 0.6) is 0 Å². The number of hydrogen-bond donors (Lipinski definition) is 0. The number of alkyl halides is 1. The summed E-state index contributed by atoms with van der Waals surface area (Å²) in [5, 5.41) is 1.04. The zero-order chi connectivity index (χ0) is 8.39. The molecule has 0 fully saturated rings. The molecule has 0 amide bonds. The minimum atomic E-state index is 0.498. The van der Waals surface area contributed by atoms with Crippen LogP contribution < -0.4 is 0 Å². The summed E-state index contributed by atoms with van der Waals surface area (Å²) in [6.07, 6.45) is 3.48. The lowest BCUT2D eigenvalue weighted by molar-refractivity contribution is 1.24. The number of aromatic nitrogens is 2. The minimum absolute atomic E-state index is 0.498. The number of hydrogen-bond acceptors (Lipinski definition) is 2. The van der Waals surface area contributed by atoms with Gasteiger partial charge in [0.1, 0.15) is 0 Å². The van der Waals surface area contributed by atoms with Gasteiger partial charge in [-0.1, -0.05) is 0 Å². The van der Waals surface area contributed by atoms with E-state index in [1.165, 1.54) is 0 Å². The summed E-state index contributed by atoms with van der Waals surface area (Å²) in [6, 6.07) is 5.87. The van der Waals surface area contributed by atoms with Crippen molar-refractivity contribution >= 4 is 22.6 Å². The average molecular weight is 179 g/mol. The first-order valence-corrected chi connectivity index (χ1v) is 4.19. The largest absolute Gasteiger partial charge is 0.237 e. The molecule has 12 heavy (non-hydrogen) atoms. The van der Waals surface area contributed by atoms with E-state index in [4.69, 9.17) is 11.6 Å². The molecule has 2 heterocycles. The van der Waals surface area contributed by atoms with Crippen LogP contribution in [0.15, 0.2) is 30.6 Å². The van der Waals surface area contributed by atoms with Gasteiger partial charge in [-0.05, 0) is 23.8 Å². The van der Waals surface area contributed by atoms with E-state index in [2.05, 4.69) is 9.97 Å². The monoisotopic (exact) mass is 178 g/mol. The molecule has 0 bridgehead atoms. The van der Waals surface area contributed by atoms with Crippen LogP contribution in [0.25, 0.3) is 11.0 Å². The Labute approximate surface area is 75.2 Å². The Morgan fingerprint density at radius 3 is 3.08 bits per heavy atom. The lowest BCUT2D eigenvalue weighted by atomic mass is 10.2. The Hall–Kier alpha value is -1.15. The highest BCUT2D eigenvalue weighted by atomic mass is 35.5. The molecular formula is C9H7ClN2. The normalized spacial score (nSPS) is 10.4. The van der Waals surface area contributed by atoms with Crippen molar-refractivity contribution in [3.05, 3.63) is 36.2 Å². The van der Waals surface area contributed by atoms with Crippen LogP contribution in [0, 0.1) is 0 Å². The van der Waals surface area contributed by atoms with Gasteiger partial charge in [-0.3, -0.25) is 0 Å². The maximum Gasteiger partial charge on any atom is 0.159 e. The van der Waals surface area contributed by atoms with Crippen LogP contribution in [0.4, 0.5) is 0 Å². The molecule has 0 N–H and O–H groups in total. The molecule has 3 heteroatoms. The van der Waals surface area contributed by atoms with Gasteiger partial charge in [-0.2, -0.15) is 0 Å². The quantitative estimate of drug-likeness (QED) is 0.627. The average Bonchev–Trinajstić information content (AvgIpc) is 2.17. The predicted molar refractivity (Wildman–Crippen MR) is 49.1 cm³/mol. The number of pyridine rings is 2. The lowest BCUT2D eigenvalue weighted by Crippen LogP contribution is -1.85. The molecule has 60 valence electrons. The number of rotatable bonds is 1. The van der Waals surface area contributed by atoms with Gasteiger partial charge >= 0.3 is 0 Å². The summed E-state index contributed by atoms with van der Waals surface area (Å²) in [7, 11) is 0. The highest BCUT2D eigenvalue weighted by molar-refractivity contribution is 6.17. The Kier molecular flexibility index (Phi) is 1.92. The molecule has 0 aromatic carbocycles. The third kappa shape index (κ3) is 1.25. The van der Waals surface area contributed by atoms with Gasteiger partial charge < -0.3 is 0 Å². The summed E-state index contributed by atoms with van der Waals surface area (Å²) in [5.41, 5.74) is 1.79. The first-order valence-electron chi connectivity index (χ1n) is 3.66. The molecule has 0 saturated heterocycles. The SMILES string of the molecule is ClCc1cnc2ncccc2c1. The number of halogens is 1. The highest BCUT2D eigenvalue weighted by Crippen LogP contribution is 2.11. The van der Waals surface area contributed by atoms with Crippen LogP contribution in [-0.4, -0.2) is 9.97 Å². The first-order chi connectivity index (χ1) is 5.90. The number of fused-ring (bicyclic) bond motifs is 1. The second-order valence-corrected chi connectivity index (χ2v) is 2.79. The second kappa shape index (κ2) is 3.07. The second-order valence-electron chi connectivity index (χ2n) is 2.53. The predicted octanol–water partition coefficient (Wildman–Crippen LogP) is 2.37. The van der Waals surface area contributed by atoms with Crippen molar-refractivity contribution in [3.8, 4) is 0 Å². The van der Waals surface area contributed by atoms with E-state index in [1.807, 2.05) is 18.2 Å². The fraction of sp³-hybridized carbons (Fsp3) is 0.111. The van der Waals surface area contributed by atoms with Crippen LogP contribution in [0.2, 0.25) is 0 Å². The molecule has 2 rings (SSSR count). The van der Waals surface area contributed by atoms with Gasteiger partial charge in [0, 0.05) is 23.7 Å². The zero-order valence-electron chi connectivity index (χ0n) is 6.37. The van der Waals surface area contributed by atoms with Crippen molar-refractivity contribution in [2.24, 2.45) is 0 Å². The summed E-state index contributed by atoms with van der Waals surface area (Å²) in [4.78, 5) is 8.26. The summed E-state index contributed by atoms with van der Waals surface area (Å²) >= 11 is 5.67. The summed E-state index contributed by atoms with van der Waals surface area (Å²) < 4.78 is 0. The van der Waals surface area contributed by atoms with E-state index in [9.17, 15) is 0 Å². The molecule has 0 radical (unpaired) electrons. The molecular weight excluding hydrogens is 172 g/mol. The molecule has 2 aromatic rings. The van der Waals surface area contributed by atoms with Gasteiger partial charge in [0.05, 0.1) is 0 Å². The molecule has 0 saturated carbocycles. The molecule has 0 aliphatic heterocycles. The van der Waals surface area contributed by atoms with Crippen LogP contribution in [0.1, 0.15) is 5.56 Å². The fourth-order valence-electron chi connectivity index (χ4n) is 1.08. The van der Waals surface area contributed by atoms with E-state index < -0.39 is 0 Å². The first kappa shape index (κ1) is 7.50. The van der Waals surface area contributed by atoms with Crippen molar-refractivity contribution in [1.29, 1.82) is 0 Å². The Morgan fingerprint density at radius 2 is 2.25 bits per heavy atom. The van der Waals surface area contributed by atoms with Crippen molar-refractivity contribution in [2.75, 3.05) is 0 Å². The van der Waals surface area contributed by atoms with Gasteiger partial charge in [-0.25, -0.2) is 9.97 Å². The minimum Gasteiger partial charge on any atom is -0.237 e.